The maximum absolute atomic E-state index is 12.8. The van der Waals surface area contributed by atoms with Gasteiger partial charge in [0.25, 0.3) is 5.91 Å². The van der Waals surface area contributed by atoms with Gasteiger partial charge in [0.1, 0.15) is 5.82 Å². The summed E-state index contributed by atoms with van der Waals surface area (Å²) in [6, 6.07) is 5.27. The molecule has 1 aliphatic heterocycles. The van der Waals surface area contributed by atoms with E-state index in [0.29, 0.717) is 5.56 Å². The van der Waals surface area contributed by atoms with Gasteiger partial charge in [-0.2, -0.15) is 0 Å². The van der Waals surface area contributed by atoms with Crippen LogP contribution in [0.15, 0.2) is 24.3 Å². The van der Waals surface area contributed by atoms with Crippen molar-refractivity contribution in [2.75, 3.05) is 18.8 Å². The van der Waals surface area contributed by atoms with Gasteiger partial charge < -0.3 is 4.90 Å². The third-order valence-corrected chi connectivity index (χ3v) is 5.75. The Morgan fingerprint density at radius 3 is 2.35 bits per heavy atom. The highest BCUT2D eigenvalue weighted by atomic mass is 32.2. The summed E-state index contributed by atoms with van der Waals surface area (Å²) in [6.45, 7) is 4.17. The number of halogens is 1. The molecule has 0 atom stereocenters. The lowest BCUT2D eigenvalue weighted by Crippen LogP contribution is -2.57. The largest absolute Gasteiger partial charge is 0.336 e. The molecule has 0 saturated carbocycles. The van der Waals surface area contributed by atoms with Crippen LogP contribution >= 0.6 is 0 Å². The molecule has 0 N–H and O–H groups in total. The lowest BCUT2D eigenvalue weighted by atomic mass is 10.1. The zero-order valence-corrected chi connectivity index (χ0v) is 12.4. The Bertz CT molecular complexity index is 589. The van der Waals surface area contributed by atoms with E-state index >= 15 is 0 Å². The molecule has 2 rings (SSSR count). The van der Waals surface area contributed by atoms with Gasteiger partial charge in [-0.15, -0.1) is 0 Å². The summed E-state index contributed by atoms with van der Waals surface area (Å²) >= 11 is 0. The van der Waals surface area contributed by atoms with E-state index in [4.69, 9.17) is 0 Å². The van der Waals surface area contributed by atoms with Gasteiger partial charge in [0, 0.05) is 18.7 Å². The maximum atomic E-state index is 12.8. The molecule has 1 saturated heterocycles. The molecule has 20 heavy (non-hydrogen) atoms. The quantitative estimate of drug-likeness (QED) is 0.850. The first-order valence-electron chi connectivity index (χ1n) is 6.56. The van der Waals surface area contributed by atoms with E-state index in [-0.39, 0.29) is 30.7 Å². The van der Waals surface area contributed by atoms with Crippen LogP contribution in [0.4, 0.5) is 4.39 Å². The van der Waals surface area contributed by atoms with E-state index < -0.39 is 20.9 Å². The Balaban J connectivity index is 1.96. The minimum atomic E-state index is -3.13. The Labute approximate surface area is 118 Å². The smallest absolute Gasteiger partial charge is 0.253 e. The number of hydrogen-bond acceptors (Lipinski definition) is 3. The Morgan fingerprint density at radius 2 is 1.85 bits per heavy atom. The third-order valence-electron chi connectivity index (χ3n) is 3.30. The van der Waals surface area contributed by atoms with Crippen LogP contribution < -0.4 is 0 Å². The fourth-order valence-electron chi connectivity index (χ4n) is 2.21. The molecule has 0 spiro atoms. The normalized spacial score (nSPS) is 16.3. The number of rotatable bonds is 4. The van der Waals surface area contributed by atoms with Crippen molar-refractivity contribution in [3.8, 4) is 0 Å². The Morgan fingerprint density at radius 1 is 1.30 bits per heavy atom. The average Bonchev–Trinajstić information content (AvgIpc) is 2.25. The molecule has 1 aromatic carbocycles. The van der Waals surface area contributed by atoms with Crippen LogP contribution in [-0.4, -0.2) is 43.3 Å². The zero-order valence-electron chi connectivity index (χ0n) is 11.5. The zero-order chi connectivity index (χ0) is 14.9. The number of carbonyl (C=O) groups is 1. The molecule has 0 aromatic heterocycles. The molecule has 0 unspecified atom stereocenters. The first kappa shape index (κ1) is 15.0. The summed E-state index contributed by atoms with van der Waals surface area (Å²) in [5, 5.41) is -0.464. The van der Waals surface area contributed by atoms with Gasteiger partial charge in [-0.05, 0) is 30.2 Å². The highest BCUT2D eigenvalue weighted by Gasteiger charge is 2.39. The lowest BCUT2D eigenvalue weighted by Gasteiger charge is -2.39. The molecule has 0 bridgehead atoms. The van der Waals surface area contributed by atoms with Crippen molar-refractivity contribution in [2.24, 2.45) is 5.92 Å². The molecule has 4 nitrogen and oxygen atoms in total. The second-order valence-electron chi connectivity index (χ2n) is 5.56. The van der Waals surface area contributed by atoms with Gasteiger partial charge in [-0.25, -0.2) is 12.8 Å². The topological polar surface area (TPSA) is 54.5 Å². The number of carbonyl (C=O) groups excluding carboxylic acids is 1. The molecular formula is C14H18FNO3S. The minimum Gasteiger partial charge on any atom is -0.336 e. The summed E-state index contributed by atoms with van der Waals surface area (Å²) in [4.78, 5) is 13.5. The fourth-order valence-corrected chi connectivity index (χ4v) is 4.22. The van der Waals surface area contributed by atoms with Crippen molar-refractivity contribution in [3.05, 3.63) is 35.6 Å². The van der Waals surface area contributed by atoms with Crippen molar-refractivity contribution >= 4 is 15.7 Å². The lowest BCUT2D eigenvalue weighted by molar-refractivity contribution is 0.0658. The second-order valence-corrected chi connectivity index (χ2v) is 7.89. The maximum Gasteiger partial charge on any atom is 0.253 e. The van der Waals surface area contributed by atoms with Crippen LogP contribution in [0.3, 0.4) is 0 Å². The summed E-state index contributed by atoms with van der Waals surface area (Å²) in [5.74, 6) is -0.415. The SMILES string of the molecule is CC(C)CS(=O)(=O)C1CN(C(=O)c2ccc(F)cc2)C1. The number of amides is 1. The number of nitrogens with zero attached hydrogens (tertiary/aromatic N) is 1. The number of sulfone groups is 1. The number of benzene rings is 1. The molecule has 0 radical (unpaired) electrons. The standard InChI is InChI=1S/C14H18FNO3S/c1-10(2)9-20(18,19)13-7-16(8-13)14(17)11-3-5-12(15)6-4-11/h3-6,10,13H,7-9H2,1-2H3. The van der Waals surface area contributed by atoms with Crippen LogP contribution in [0, 0.1) is 11.7 Å². The molecular weight excluding hydrogens is 281 g/mol. The molecule has 110 valence electrons. The molecule has 1 heterocycles. The van der Waals surface area contributed by atoms with E-state index in [2.05, 4.69) is 0 Å². The fraction of sp³-hybridized carbons (Fsp3) is 0.500. The molecule has 1 fully saturated rings. The van der Waals surface area contributed by atoms with Gasteiger partial charge >= 0.3 is 0 Å². The highest BCUT2D eigenvalue weighted by molar-refractivity contribution is 7.92. The van der Waals surface area contributed by atoms with Gasteiger partial charge in [0.05, 0.1) is 11.0 Å². The highest BCUT2D eigenvalue weighted by Crippen LogP contribution is 2.21. The molecule has 1 amide bonds. The van der Waals surface area contributed by atoms with Gasteiger partial charge in [-0.3, -0.25) is 4.79 Å². The van der Waals surface area contributed by atoms with Crippen LogP contribution in [0.1, 0.15) is 24.2 Å². The minimum absolute atomic E-state index is 0.0850. The van der Waals surface area contributed by atoms with Crippen LogP contribution in [0.5, 0.6) is 0 Å². The van der Waals surface area contributed by atoms with E-state index in [9.17, 15) is 17.6 Å². The monoisotopic (exact) mass is 299 g/mol. The van der Waals surface area contributed by atoms with Crippen molar-refractivity contribution in [1.29, 1.82) is 0 Å². The predicted molar refractivity (Wildman–Crippen MR) is 74.7 cm³/mol. The van der Waals surface area contributed by atoms with Crippen LogP contribution in [0.2, 0.25) is 0 Å². The Hall–Kier alpha value is -1.43. The first-order valence-corrected chi connectivity index (χ1v) is 8.27. The third kappa shape index (κ3) is 3.17. The summed E-state index contributed by atoms with van der Waals surface area (Å²) in [6.07, 6.45) is 0. The van der Waals surface area contributed by atoms with Gasteiger partial charge in [0.2, 0.25) is 0 Å². The van der Waals surface area contributed by atoms with Crippen molar-refractivity contribution in [1.82, 2.24) is 4.90 Å². The molecule has 1 aliphatic rings. The summed E-state index contributed by atoms with van der Waals surface area (Å²) in [7, 11) is -3.13. The van der Waals surface area contributed by atoms with E-state index in [0.717, 1.165) is 0 Å². The molecule has 6 heteroatoms. The predicted octanol–water partition coefficient (Wildman–Crippen LogP) is 1.72. The van der Waals surface area contributed by atoms with Crippen LogP contribution in [-0.2, 0) is 9.84 Å². The van der Waals surface area contributed by atoms with Crippen molar-refractivity contribution < 1.29 is 17.6 Å². The van der Waals surface area contributed by atoms with Crippen molar-refractivity contribution in [2.45, 2.75) is 19.1 Å². The average molecular weight is 299 g/mol. The Kier molecular flexibility index (Phi) is 4.13. The van der Waals surface area contributed by atoms with Crippen molar-refractivity contribution in [3.63, 3.8) is 0 Å². The summed E-state index contributed by atoms with van der Waals surface area (Å²) < 4.78 is 36.8. The first-order chi connectivity index (χ1) is 9.29. The van der Waals surface area contributed by atoms with Gasteiger partial charge in [0.15, 0.2) is 9.84 Å². The summed E-state index contributed by atoms with van der Waals surface area (Å²) in [5.41, 5.74) is 0.381. The molecule has 0 aliphatic carbocycles. The van der Waals surface area contributed by atoms with E-state index in [1.54, 1.807) is 0 Å². The molecule has 1 aromatic rings. The van der Waals surface area contributed by atoms with Gasteiger partial charge in [-0.1, -0.05) is 13.8 Å². The number of likely N-dealkylation sites (tertiary alicyclic amines) is 1. The number of hydrogen-bond donors (Lipinski definition) is 0. The van der Waals surface area contributed by atoms with E-state index in [1.807, 2.05) is 13.8 Å². The van der Waals surface area contributed by atoms with E-state index in [1.165, 1.54) is 29.2 Å². The van der Waals surface area contributed by atoms with Crippen LogP contribution in [0.25, 0.3) is 0 Å². The second kappa shape index (κ2) is 5.52.